The molecule has 0 amide bonds. The molecule has 1 aromatic carbocycles. The van der Waals surface area contributed by atoms with E-state index in [0.717, 1.165) is 38.2 Å². The summed E-state index contributed by atoms with van der Waals surface area (Å²) in [5.74, 6) is 2.32. The molecule has 1 aliphatic carbocycles. The second kappa shape index (κ2) is 5.31. The van der Waals surface area contributed by atoms with Crippen LogP contribution in [0.5, 0.6) is 0 Å². The second-order valence-electron chi connectivity index (χ2n) is 5.17. The van der Waals surface area contributed by atoms with Crippen molar-refractivity contribution in [1.29, 1.82) is 0 Å². The molecule has 1 N–H and O–H groups in total. The van der Waals surface area contributed by atoms with E-state index in [1.165, 1.54) is 12.8 Å². The Morgan fingerprint density at radius 1 is 1.29 bits per heavy atom. The summed E-state index contributed by atoms with van der Waals surface area (Å²) in [6.07, 6.45) is 4.24. The van der Waals surface area contributed by atoms with Crippen LogP contribution in [0.2, 0.25) is 5.02 Å². The van der Waals surface area contributed by atoms with Gasteiger partial charge in [-0.15, -0.1) is 5.10 Å². The quantitative estimate of drug-likeness (QED) is 0.734. The Balaban J connectivity index is 1.59. The van der Waals surface area contributed by atoms with Gasteiger partial charge in [0.1, 0.15) is 5.82 Å². The standard InChI is InChI=1S/C15H13ClN4S/c16-12-6-5-9-2-1-7-17-13(9)11(12)8-21-15-18-14(19-20-15)10-3-4-10/h1-2,5-7,10H,3-4,8H2,(H,18,19,20). The Kier molecular flexibility index (Phi) is 3.31. The van der Waals surface area contributed by atoms with Crippen molar-refractivity contribution in [3.8, 4) is 0 Å². The molecule has 0 saturated heterocycles. The van der Waals surface area contributed by atoms with Crippen molar-refractivity contribution in [3.63, 3.8) is 0 Å². The van der Waals surface area contributed by atoms with Crippen LogP contribution in [0.1, 0.15) is 30.1 Å². The molecule has 0 aliphatic heterocycles. The minimum atomic E-state index is 0.592. The molecule has 2 aromatic heterocycles. The Morgan fingerprint density at radius 3 is 3.05 bits per heavy atom. The van der Waals surface area contributed by atoms with Crippen LogP contribution in [0.15, 0.2) is 35.6 Å². The van der Waals surface area contributed by atoms with E-state index in [2.05, 4.69) is 20.2 Å². The average Bonchev–Trinajstić information content (AvgIpc) is 3.26. The fourth-order valence-electron chi connectivity index (χ4n) is 2.32. The minimum Gasteiger partial charge on any atom is -0.262 e. The first-order valence-corrected chi connectivity index (χ1v) is 8.25. The van der Waals surface area contributed by atoms with Crippen molar-refractivity contribution in [2.24, 2.45) is 0 Å². The molecule has 6 heteroatoms. The van der Waals surface area contributed by atoms with Gasteiger partial charge in [0.15, 0.2) is 0 Å². The number of fused-ring (bicyclic) bond motifs is 1. The molecule has 0 radical (unpaired) electrons. The van der Waals surface area contributed by atoms with Crippen LogP contribution in [0.4, 0.5) is 0 Å². The predicted molar refractivity (Wildman–Crippen MR) is 84.7 cm³/mol. The highest BCUT2D eigenvalue weighted by Gasteiger charge is 2.27. The molecule has 2 heterocycles. The van der Waals surface area contributed by atoms with Gasteiger partial charge >= 0.3 is 0 Å². The largest absolute Gasteiger partial charge is 0.262 e. The van der Waals surface area contributed by atoms with Gasteiger partial charge in [-0.3, -0.25) is 10.1 Å². The van der Waals surface area contributed by atoms with Crippen molar-refractivity contribution in [3.05, 3.63) is 46.9 Å². The van der Waals surface area contributed by atoms with Crippen molar-refractivity contribution < 1.29 is 0 Å². The summed E-state index contributed by atoms with van der Waals surface area (Å²) in [7, 11) is 0. The van der Waals surface area contributed by atoms with Gasteiger partial charge < -0.3 is 0 Å². The number of benzene rings is 1. The number of aromatic nitrogens is 4. The maximum absolute atomic E-state index is 6.33. The zero-order chi connectivity index (χ0) is 14.2. The number of pyridine rings is 1. The molecule has 106 valence electrons. The molecule has 0 atom stereocenters. The highest BCUT2D eigenvalue weighted by Crippen LogP contribution is 2.38. The number of thioether (sulfide) groups is 1. The van der Waals surface area contributed by atoms with E-state index in [1.54, 1.807) is 18.0 Å². The van der Waals surface area contributed by atoms with Crippen molar-refractivity contribution >= 4 is 34.3 Å². The first kappa shape index (κ1) is 13.1. The number of nitrogens with one attached hydrogen (secondary N) is 1. The summed E-state index contributed by atoms with van der Waals surface area (Å²) in [5.41, 5.74) is 1.99. The minimum absolute atomic E-state index is 0.592. The topological polar surface area (TPSA) is 54.5 Å². The molecule has 1 aliphatic rings. The molecule has 4 rings (SSSR count). The molecule has 3 aromatic rings. The van der Waals surface area contributed by atoms with Gasteiger partial charge in [-0.05, 0) is 25.0 Å². The molecule has 4 nitrogen and oxygen atoms in total. The zero-order valence-corrected chi connectivity index (χ0v) is 12.8. The summed E-state index contributed by atoms with van der Waals surface area (Å²) in [6, 6.07) is 7.90. The number of H-pyrrole nitrogens is 1. The molecule has 21 heavy (non-hydrogen) atoms. The van der Waals surface area contributed by atoms with Crippen LogP contribution < -0.4 is 0 Å². The van der Waals surface area contributed by atoms with Gasteiger partial charge in [-0.25, -0.2) is 4.98 Å². The van der Waals surface area contributed by atoms with E-state index in [1.807, 2.05) is 24.3 Å². The van der Waals surface area contributed by atoms with Crippen LogP contribution in [-0.2, 0) is 5.75 Å². The third-order valence-electron chi connectivity index (χ3n) is 3.61. The Morgan fingerprint density at radius 2 is 2.19 bits per heavy atom. The number of hydrogen-bond donors (Lipinski definition) is 1. The normalized spacial score (nSPS) is 14.7. The first-order chi connectivity index (χ1) is 10.3. The second-order valence-corrected chi connectivity index (χ2v) is 6.52. The first-order valence-electron chi connectivity index (χ1n) is 6.88. The molecule has 0 bridgehead atoms. The molecule has 1 saturated carbocycles. The Bertz CT molecular complexity index is 797. The number of rotatable bonds is 4. The summed E-state index contributed by atoms with van der Waals surface area (Å²) < 4.78 is 0. The van der Waals surface area contributed by atoms with Gasteiger partial charge in [0, 0.05) is 33.8 Å². The summed E-state index contributed by atoms with van der Waals surface area (Å²) in [4.78, 5) is 8.98. The predicted octanol–water partition coefficient (Wildman–Crippen LogP) is 4.18. The van der Waals surface area contributed by atoms with Crippen LogP contribution >= 0.6 is 23.4 Å². The highest BCUT2D eigenvalue weighted by molar-refractivity contribution is 7.98. The summed E-state index contributed by atoms with van der Waals surface area (Å²) in [5, 5.41) is 9.91. The molecule has 0 spiro atoms. The fraction of sp³-hybridized carbons (Fsp3) is 0.267. The smallest absolute Gasteiger partial charge is 0.208 e. The highest BCUT2D eigenvalue weighted by atomic mass is 35.5. The van der Waals surface area contributed by atoms with Gasteiger partial charge in [0.2, 0.25) is 5.16 Å². The van der Waals surface area contributed by atoms with E-state index in [0.29, 0.717) is 5.92 Å². The van der Waals surface area contributed by atoms with Crippen molar-refractivity contribution in [2.75, 3.05) is 0 Å². The third-order valence-corrected chi connectivity index (χ3v) is 4.84. The fourth-order valence-corrected chi connectivity index (χ4v) is 3.45. The SMILES string of the molecule is Clc1ccc2cccnc2c1CSc1n[nH]c(C2CC2)n1. The van der Waals surface area contributed by atoms with E-state index in [-0.39, 0.29) is 0 Å². The zero-order valence-electron chi connectivity index (χ0n) is 11.2. The molecule has 0 unspecified atom stereocenters. The number of nitrogens with zero attached hydrogens (tertiary/aromatic N) is 3. The van der Waals surface area contributed by atoms with E-state index >= 15 is 0 Å². The maximum atomic E-state index is 6.33. The number of halogens is 1. The van der Waals surface area contributed by atoms with Crippen LogP contribution in [0.3, 0.4) is 0 Å². The summed E-state index contributed by atoms with van der Waals surface area (Å²) >= 11 is 7.92. The monoisotopic (exact) mass is 316 g/mol. The lowest BCUT2D eigenvalue weighted by Gasteiger charge is -2.06. The summed E-state index contributed by atoms with van der Waals surface area (Å²) in [6.45, 7) is 0. The molecular weight excluding hydrogens is 304 g/mol. The molecular formula is C15H13ClN4S. The van der Waals surface area contributed by atoms with Gasteiger partial charge in [-0.2, -0.15) is 0 Å². The van der Waals surface area contributed by atoms with Gasteiger partial charge in [-0.1, -0.05) is 35.5 Å². The van der Waals surface area contributed by atoms with Crippen LogP contribution in [-0.4, -0.2) is 20.2 Å². The van der Waals surface area contributed by atoms with Crippen molar-refractivity contribution in [2.45, 2.75) is 29.7 Å². The lowest BCUT2D eigenvalue weighted by Crippen LogP contribution is -1.89. The van der Waals surface area contributed by atoms with E-state index in [4.69, 9.17) is 11.6 Å². The number of aromatic amines is 1. The van der Waals surface area contributed by atoms with Crippen LogP contribution in [0.25, 0.3) is 10.9 Å². The lowest BCUT2D eigenvalue weighted by molar-refractivity contribution is 0.932. The van der Waals surface area contributed by atoms with Crippen LogP contribution in [0, 0.1) is 0 Å². The third kappa shape index (κ3) is 2.63. The van der Waals surface area contributed by atoms with E-state index in [9.17, 15) is 0 Å². The van der Waals surface area contributed by atoms with Gasteiger partial charge in [0.05, 0.1) is 5.52 Å². The Hall–Kier alpha value is -1.59. The number of hydrogen-bond acceptors (Lipinski definition) is 4. The Labute approximate surface area is 131 Å². The maximum Gasteiger partial charge on any atom is 0.208 e. The average molecular weight is 317 g/mol. The van der Waals surface area contributed by atoms with Crippen molar-refractivity contribution in [1.82, 2.24) is 20.2 Å². The van der Waals surface area contributed by atoms with E-state index < -0.39 is 0 Å². The molecule has 1 fully saturated rings. The van der Waals surface area contributed by atoms with Gasteiger partial charge in [0.25, 0.3) is 0 Å². The lowest BCUT2D eigenvalue weighted by atomic mass is 10.1.